The molecule has 1 nitrogen and oxygen atoms in total. The van der Waals surface area contributed by atoms with E-state index in [1.807, 2.05) is 37.3 Å². The second-order valence-corrected chi connectivity index (χ2v) is 4.68. The van der Waals surface area contributed by atoms with Crippen LogP contribution in [-0.2, 0) is 6.61 Å². The van der Waals surface area contributed by atoms with E-state index in [1.54, 1.807) is 12.1 Å². The molecule has 0 saturated carbocycles. The zero-order chi connectivity index (χ0) is 12.3. The maximum Gasteiger partial charge on any atom is 0.119 e. The van der Waals surface area contributed by atoms with Crippen molar-refractivity contribution in [2.75, 3.05) is 0 Å². The molecule has 0 atom stereocenters. The van der Waals surface area contributed by atoms with Crippen LogP contribution in [0.15, 0.2) is 42.5 Å². The number of rotatable bonds is 3. The first-order valence-electron chi connectivity index (χ1n) is 5.28. The van der Waals surface area contributed by atoms with Crippen LogP contribution in [0.5, 0.6) is 5.75 Å². The average molecular weight is 267 g/mol. The molecule has 0 spiro atoms. The smallest absolute Gasteiger partial charge is 0.119 e. The number of hydrogen-bond donors (Lipinski definition) is 0. The maximum atomic E-state index is 6.06. The van der Waals surface area contributed by atoms with Gasteiger partial charge in [0, 0.05) is 15.6 Å². The van der Waals surface area contributed by atoms with Crippen LogP contribution in [0.4, 0.5) is 0 Å². The summed E-state index contributed by atoms with van der Waals surface area (Å²) in [6.07, 6.45) is 0. The molecular formula is C14H12Cl2O. The summed E-state index contributed by atoms with van der Waals surface area (Å²) in [6, 6.07) is 13.3. The molecule has 0 aliphatic heterocycles. The van der Waals surface area contributed by atoms with E-state index in [0.29, 0.717) is 16.7 Å². The molecule has 0 aromatic heterocycles. The summed E-state index contributed by atoms with van der Waals surface area (Å²) in [5.74, 6) is 0.835. The maximum absolute atomic E-state index is 6.06. The summed E-state index contributed by atoms with van der Waals surface area (Å²) in [4.78, 5) is 0. The van der Waals surface area contributed by atoms with Gasteiger partial charge in [0.2, 0.25) is 0 Å². The molecule has 0 amide bonds. The van der Waals surface area contributed by atoms with E-state index in [9.17, 15) is 0 Å². The van der Waals surface area contributed by atoms with Crippen molar-refractivity contribution in [3.8, 4) is 5.75 Å². The predicted molar refractivity (Wildman–Crippen MR) is 72.0 cm³/mol. The Balaban J connectivity index is 2.04. The second kappa shape index (κ2) is 5.44. The lowest BCUT2D eigenvalue weighted by molar-refractivity contribution is 0.306. The lowest BCUT2D eigenvalue weighted by Crippen LogP contribution is -1.96. The molecule has 0 fully saturated rings. The molecule has 17 heavy (non-hydrogen) atoms. The lowest BCUT2D eigenvalue weighted by atomic mass is 10.2. The van der Waals surface area contributed by atoms with Crippen LogP contribution in [0.3, 0.4) is 0 Å². The molecule has 0 aliphatic carbocycles. The van der Waals surface area contributed by atoms with Crippen molar-refractivity contribution in [2.45, 2.75) is 13.5 Å². The van der Waals surface area contributed by atoms with Gasteiger partial charge in [-0.15, -0.1) is 0 Å². The Kier molecular flexibility index (Phi) is 3.93. The number of ether oxygens (including phenoxy) is 1. The molecule has 0 saturated heterocycles. The number of aryl methyl sites for hydroxylation is 1. The molecule has 88 valence electrons. The Labute approximate surface area is 111 Å². The highest BCUT2D eigenvalue weighted by Gasteiger charge is 2.02. The van der Waals surface area contributed by atoms with Gasteiger partial charge in [-0.1, -0.05) is 47.0 Å². The Morgan fingerprint density at radius 1 is 1.00 bits per heavy atom. The molecular weight excluding hydrogens is 255 g/mol. The third kappa shape index (κ3) is 3.39. The highest BCUT2D eigenvalue weighted by Crippen LogP contribution is 2.22. The molecule has 0 heterocycles. The van der Waals surface area contributed by atoms with Gasteiger partial charge in [0.25, 0.3) is 0 Å². The van der Waals surface area contributed by atoms with Crippen molar-refractivity contribution in [1.29, 1.82) is 0 Å². The third-order valence-corrected chi connectivity index (χ3v) is 3.02. The molecule has 0 aliphatic rings. The minimum absolute atomic E-state index is 0.444. The largest absolute Gasteiger partial charge is 0.489 e. The highest BCUT2D eigenvalue weighted by atomic mass is 35.5. The summed E-state index contributed by atoms with van der Waals surface area (Å²) in [5, 5.41) is 1.26. The summed E-state index contributed by atoms with van der Waals surface area (Å²) in [6.45, 7) is 2.49. The first-order valence-corrected chi connectivity index (χ1v) is 6.04. The van der Waals surface area contributed by atoms with Crippen LogP contribution in [0.25, 0.3) is 0 Å². The van der Waals surface area contributed by atoms with Crippen molar-refractivity contribution < 1.29 is 4.74 Å². The van der Waals surface area contributed by atoms with Crippen LogP contribution in [-0.4, -0.2) is 0 Å². The fourth-order valence-corrected chi connectivity index (χ4v) is 1.90. The summed E-state index contributed by atoms with van der Waals surface area (Å²) < 4.78 is 5.64. The zero-order valence-corrected chi connectivity index (χ0v) is 10.9. The quantitative estimate of drug-likeness (QED) is 0.770. The summed E-state index contributed by atoms with van der Waals surface area (Å²) >= 11 is 11.9. The predicted octanol–water partition coefficient (Wildman–Crippen LogP) is 4.88. The van der Waals surface area contributed by atoms with Gasteiger partial charge in [-0.25, -0.2) is 0 Å². The first kappa shape index (κ1) is 12.3. The number of halogens is 2. The van der Waals surface area contributed by atoms with Crippen molar-refractivity contribution >= 4 is 23.2 Å². The highest BCUT2D eigenvalue weighted by molar-refractivity contribution is 6.35. The minimum Gasteiger partial charge on any atom is -0.489 e. The average Bonchev–Trinajstić information content (AvgIpc) is 2.30. The van der Waals surface area contributed by atoms with E-state index in [4.69, 9.17) is 27.9 Å². The van der Waals surface area contributed by atoms with Gasteiger partial charge in [0.1, 0.15) is 12.4 Å². The van der Waals surface area contributed by atoms with Crippen molar-refractivity contribution in [1.82, 2.24) is 0 Å². The van der Waals surface area contributed by atoms with E-state index < -0.39 is 0 Å². The third-order valence-electron chi connectivity index (χ3n) is 2.43. The van der Waals surface area contributed by atoms with Gasteiger partial charge in [0.05, 0.1) is 0 Å². The van der Waals surface area contributed by atoms with Crippen molar-refractivity contribution in [2.24, 2.45) is 0 Å². The van der Waals surface area contributed by atoms with Crippen LogP contribution < -0.4 is 4.74 Å². The van der Waals surface area contributed by atoms with Crippen LogP contribution in [0, 0.1) is 6.92 Å². The van der Waals surface area contributed by atoms with Crippen LogP contribution in [0.1, 0.15) is 11.1 Å². The Hall–Kier alpha value is -1.18. The Bertz CT molecular complexity index is 506. The van der Waals surface area contributed by atoms with Crippen molar-refractivity contribution in [3.63, 3.8) is 0 Å². The molecule has 0 radical (unpaired) electrons. The van der Waals surface area contributed by atoms with E-state index in [2.05, 4.69) is 0 Å². The molecule has 2 rings (SSSR count). The van der Waals surface area contributed by atoms with Gasteiger partial charge in [-0.3, -0.25) is 0 Å². The first-order chi connectivity index (χ1) is 8.15. The van der Waals surface area contributed by atoms with Crippen LogP contribution >= 0.6 is 23.2 Å². The number of benzene rings is 2. The standard InChI is InChI=1S/C14H12Cl2O/c1-10-2-6-13(7-3-10)17-9-11-4-5-12(15)8-14(11)16/h2-8H,9H2,1H3. The fourth-order valence-electron chi connectivity index (χ4n) is 1.43. The van der Waals surface area contributed by atoms with Gasteiger partial charge in [-0.05, 0) is 31.2 Å². The lowest BCUT2D eigenvalue weighted by Gasteiger charge is -2.08. The topological polar surface area (TPSA) is 9.23 Å². The van der Waals surface area contributed by atoms with E-state index >= 15 is 0 Å². The number of hydrogen-bond acceptors (Lipinski definition) is 1. The van der Waals surface area contributed by atoms with Gasteiger partial charge < -0.3 is 4.74 Å². The van der Waals surface area contributed by atoms with E-state index in [0.717, 1.165) is 11.3 Å². The second-order valence-electron chi connectivity index (χ2n) is 3.84. The molecule has 0 N–H and O–H groups in total. The van der Waals surface area contributed by atoms with Gasteiger partial charge in [-0.2, -0.15) is 0 Å². The summed E-state index contributed by atoms with van der Waals surface area (Å²) in [7, 11) is 0. The monoisotopic (exact) mass is 266 g/mol. The molecule has 3 heteroatoms. The molecule has 2 aromatic rings. The van der Waals surface area contributed by atoms with E-state index in [-0.39, 0.29) is 0 Å². The Morgan fingerprint density at radius 3 is 2.35 bits per heavy atom. The van der Waals surface area contributed by atoms with E-state index in [1.165, 1.54) is 5.56 Å². The molecule has 0 unspecified atom stereocenters. The van der Waals surface area contributed by atoms with Crippen molar-refractivity contribution in [3.05, 3.63) is 63.6 Å². The summed E-state index contributed by atoms with van der Waals surface area (Å²) in [5.41, 5.74) is 2.14. The minimum atomic E-state index is 0.444. The zero-order valence-electron chi connectivity index (χ0n) is 9.41. The van der Waals surface area contributed by atoms with Gasteiger partial charge >= 0.3 is 0 Å². The normalized spacial score (nSPS) is 10.3. The van der Waals surface area contributed by atoms with Crippen LogP contribution in [0.2, 0.25) is 10.0 Å². The SMILES string of the molecule is Cc1ccc(OCc2ccc(Cl)cc2Cl)cc1. The fraction of sp³-hybridized carbons (Fsp3) is 0.143. The molecule has 2 aromatic carbocycles. The molecule has 0 bridgehead atoms. The van der Waals surface area contributed by atoms with Gasteiger partial charge in [0.15, 0.2) is 0 Å². The Morgan fingerprint density at radius 2 is 1.71 bits per heavy atom.